The summed E-state index contributed by atoms with van der Waals surface area (Å²) in [5.74, 6) is 0.0679. The number of amides is 1. The number of rotatable bonds is 7. The summed E-state index contributed by atoms with van der Waals surface area (Å²) in [6, 6.07) is 11.6. The van der Waals surface area contributed by atoms with Crippen LogP contribution in [-0.4, -0.2) is 43.8 Å². The summed E-state index contributed by atoms with van der Waals surface area (Å²) in [4.78, 5) is 30.8. The molecule has 5 aromatic rings. The number of aromatic amines is 1. The summed E-state index contributed by atoms with van der Waals surface area (Å²) >= 11 is 4.14. The smallest absolute Gasteiger partial charge is 0.341 e. The van der Waals surface area contributed by atoms with E-state index in [4.69, 9.17) is 4.74 Å². The lowest BCUT2D eigenvalue weighted by Crippen LogP contribution is -2.16. The number of fused-ring (bicyclic) bond motifs is 3. The molecule has 11 heteroatoms. The molecule has 1 amide bonds. The highest BCUT2D eigenvalue weighted by molar-refractivity contribution is 7.99. The standard InChI is InChI=1S/C21H17N5O3S3/c1-2-29-19(28)17-12(15-8-5-9-30-15)10-31-18(17)23-16(27)11-32-21-25-24-20-22-13-6-3-4-7-14(13)26(20)21/h3-10H,2,11H2,1H3,(H,22,24)(H,23,27). The van der Waals surface area contributed by atoms with Gasteiger partial charge in [-0.2, -0.15) is 0 Å². The van der Waals surface area contributed by atoms with Gasteiger partial charge in [0.2, 0.25) is 11.7 Å². The van der Waals surface area contributed by atoms with E-state index in [1.807, 2.05) is 51.6 Å². The first-order chi connectivity index (χ1) is 15.7. The first kappa shape index (κ1) is 20.7. The Morgan fingerprint density at radius 2 is 2.09 bits per heavy atom. The van der Waals surface area contributed by atoms with Gasteiger partial charge in [-0.05, 0) is 30.5 Å². The second-order valence-electron chi connectivity index (χ2n) is 6.65. The molecule has 1 aromatic carbocycles. The highest BCUT2D eigenvalue weighted by Gasteiger charge is 2.23. The number of anilines is 1. The third kappa shape index (κ3) is 3.78. The summed E-state index contributed by atoms with van der Waals surface area (Å²) in [5, 5.41) is 15.0. The van der Waals surface area contributed by atoms with Crippen LogP contribution in [0.1, 0.15) is 17.3 Å². The van der Waals surface area contributed by atoms with Crippen LogP contribution in [0.2, 0.25) is 0 Å². The molecule has 0 aliphatic heterocycles. The van der Waals surface area contributed by atoms with Crippen molar-refractivity contribution < 1.29 is 14.3 Å². The molecule has 4 heterocycles. The van der Waals surface area contributed by atoms with Crippen LogP contribution in [0.3, 0.4) is 0 Å². The SMILES string of the molecule is CCOC(=O)c1c(-c2cccs2)csc1NC(=O)CSc1n[nH]c2nc3ccccc3n12. The molecule has 0 aliphatic rings. The summed E-state index contributed by atoms with van der Waals surface area (Å²) in [6.07, 6.45) is 0. The van der Waals surface area contributed by atoms with Gasteiger partial charge in [-0.1, -0.05) is 30.0 Å². The van der Waals surface area contributed by atoms with Gasteiger partial charge in [0, 0.05) is 15.8 Å². The average molecular weight is 484 g/mol. The minimum absolute atomic E-state index is 0.126. The Labute approximate surface area is 194 Å². The monoisotopic (exact) mass is 483 g/mol. The minimum Gasteiger partial charge on any atom is -0.462 e. The summed E-state index contributed by atoms with van der Waals surface area (Å²) in [5.41, 5.74) is 2.93. The van der Waals surface area contributed by atoms with Gasteiger partial charge in [0.1, 0.15) is 10.6 Å². The number of hydrogen-bond acceptors (Lipinski definition) is 8. The number of nitrogens with one attached hydrogen (secondary N) is 2. The highest BCUT2D eigenvalue weighted by Crippen LogP contribution is 2.38. The first-order valence-electron chi connectivity index (χ1n) is 9.72. The second kappa shape index (κ2) is 8.77. The number of thioether (sulfide) groups is 1. The maximum Gasteiger partial charge on any atom is 0.341 e. The van der Waals surface area contributed by atoms with E-state index in [2.05, 4.69) is 20.5 Å². The second-order valence-corrected chi connectivity index (χ2v) is 9.42. The molecule has 0 aliphatic carbocycles. The maximum atomic E-state index is 12.7. The van der Waals surface area contributed by atoms with Crippen molar-refractivity contribution in [1.82, 2.24) is 19.6 Å². The molecule has 0 saturated heterocycles. The van der Waals surface area contributed by atoms with Crippen LogP contribution in [0.4, 0.5) is 5.00 Å². The van der Waals surface area contributed by atoms with Crippen molar-refractivity contribution in [1.29, 1.82) is 0 Å². The minimum atomic E-state index is -0.445. The van der Waals surface area contributed by atoms with E-state index in [0.717, 1.165) is 21.5 Å². The lowest BCUT2D eigenvalue weighted by molar-refractivity contribution is -0.113. The molecule has 0 fully saturated rings. The van der Waals surface area contributed by atoms with Crippen molar-refractivity contribution in [2.75, 3.05) is 17.7 Å². The van der Waals surface area contributed by atoms with Crippen molar-refractivity contribution in [3.05, 3.63) is 52.7 Å². The lowest BCUT2D eigenvalue weighted by atomic mass is 10.1. The fraction of sp³-hybridized carbons (Fsp3) is 0.143. The van der Waals surface area contributed by atoms with Crippen LogP contribution < -0.4 is 5.32 Å². The molecule has 4 aromatic heterocycles. The van der Waals surface area contributed by atoms with Gasteiger partial charge >= 0.3 is 5.97 Å². The highest BCUT2D eigenvalue weighted by atomic mass is 32.2. The molecular weight excluding hydrogens is 466 g/mol. The van der Waals surface area contributed by atoms with Crippen molar-refractivity contribution in [3.8, 4) is 10.4 Å². The quantitative estimate of drug-likeness (QED) is 0.252. The van der Waals surface area contributed by atoms with E-state index < -0.39 is 5.97 Å². The predicted molar refractivity (Wildman–Crippen MR) is 128 cm³/mol. The number of esters is 1. The van der Waals surface area contributed by atoms with Crippen molar-refractivity contribution in [3.63, 3.8) is 0 Å². The van der Waals surface area contributed by atoms with Gasteiger partial charge in [-0.3, -0.25) is 9.20 Å². The Morgan fingerprint density at radius 1 is 1.22 bits per heavy atom. The molecule has 0 atom stereocenters. The normalized spacial score (nSPS) is 11.3. The van der Waals surface area contributed by atoms with Gasteiger partial charge in [0.05, 0.1) is 23.4 Å². The summed E-state index contributed by atoms with van der Waals surface area (Å²) in [6.45, 7) is 2.02. The predicted octanol–water partition coefficient (Wildman–Crippen LogP) is 4.91. The Bertz CT molecular complexity index is 1420. The fourth-order valence-electron chi connectivity index (χ4n) is 3.30. The molecule has 162 valence electrons. The number of aromatic nitrogens is 4. The van der Waals surface area contributed by atoms with Crippen molar-refractivity contribution in [2.24, 2.45) is 0 Å². The third-order valence-corrected chi connectivity index (χ3v) is 7.38. The van der Waals surface area contributed by atoms with E-state index >= 15 is 0 Å². The van der Waals surface area contributed by atoms with Crippen LogP contribution in [0.5, 0.6) is 0 Å². The Kier molecular flexibility index (Phi) is 5.68. The van der Waals surface area contributed by atoms with Crippen LogP contribution in [-0.2, 0) is 9.53 Å². The molecule has 32 heavy (non-hydrogen) atoms. The molecule has 5 rings (SSSR count). The number of benzene rings is 1. The van der Waals surface area contributed by atoms with Crippen LogP contribution in [0, 0.1) is 0 Å². The number of nitrogens with zero attached hydrogens (tertiary/aromatic N) is 3. The van der Waals surface area contributed by atoms with Gasteiger partial charge in [-0.25, -0.2) is 14.9 Å². The molecule has 2 N–H and O–H groups in total. The molecule has 0 radical (unpaired) electrons. The van der Waals surface area contributed by atoms with E-state index in [1.165, 1.54) is 34.4 Å². The zero-order valence-corrected chi connectivity index (χ0v) is 19.3. The lowest BCUT2D eigenvalue weighted by Gasteiger charge is -2.08. The Balaban J connectivity index is 1.36. The van der Waals surface area contributed by atoms with E-state index in [-0.39, 0.29) is 18.3 Å². The van der Waals surface area contributed by atoms with Gasteiger partial charge < -0.3 is 10.1 Å². The van der Waals surface area contributed by atoms with E-state index in [0.29, 0.717) is 21.5 Å². The zero-order valence-electron chi connectivity index (χ0n) is 16.8. The number of carbonyl (C=O) groups is 2. The number of H-pyrrole nitrogens is 1. The average Bonchev–Trinajstić information content (AvgIpc) is 3.56. The number of hydrogen-bond donors (Lipinski definition) is 2. The third-order valence-electron chi connectivity index (χ3n) is 4.65. The molecule has 0 unspecified atom stereocenters. The topological polar surface area (TPSA) is 101 Å². The largest absolute Gasteiger partial charge is 0.462 e. The number of para-hydroxylation sites is 2. The molecular formula is C21H17N5O3S3. The summed E-state index contributed by atoms with van der Waals surface area (Å²) < 4.78 is 7.12. The molecule has 0 spiro atoms. The van der Waals surface area contributed by atoms with Gasteiger partial charge in [0.15, 0.2) is 5.16 Å². The Morgan fingerprint density at radius 3 is 2.91 bits per heavy atom. The number of thiophene rings is 2. The number of imidazole rings is 1. The first-order valence-corrected chi connectivity index (χ1v) is 12.5. The fourth-order valence-corrected chi connectivity index (χ4v) is 5.85. The summed E-state index contributed by atoms with van der Waals surface area (Å²) in [7, 11) is 0. The van der Waals surface area contributed by atoms with Gasteiger partial charge in [0.25, 0.3) is 0 Å². The van der Waals surface area contributed by atoms with Crippen molar-refractivity contribution in [2.45, 2.75) is 12.1 Å². The van der Waals surface area contributed by atoms with E-state index in [9.17, 15) is 9.59 Å². The maximum absolute atomic E-state index is 12.7. The molecule has 8 nitrogen and oxygen atoms in total. The number of ether oxygens (including phenoxy) is 1. The van der Waals surface area contributed by atoms with Gasteiger partial charge in [-0.15, -0.1) is 27.8 Å². The molecule has 0 saturated carbocycles. The van der Waals surface area contributed by atoms with Crippen LogP contribution in [0.25, 0.3) is 27.3 Å². The van der Waals surface area contributed by atoms with Crippen molar-refractivity contribution >= 4 is 68.1 Å². The van der Waals surface area contributed by atoms with Crippen LogP contribution in [0.15, 0.2) is 52.3 Å². The number of carbonyl (C=O) groups excluding carboxylic acids is 2. The zero-order chi connectivity index (χ0) is 22.1. The van der Waals surface area contributed by atoms with Crippen LogP contribution >= 0.6 is 34.4 Å². The van der Waals surface area contributed by atoms with E-state index in [1.54, 1.807) is 6.92 Å². The molecule has 0 bridgehead atoms. The Hall–Kier alpha value is -3.15.